The van der Waals surface area contributed by atoms with Gasteiger partial charge in [0.05, 0.1) is 10.7 Å². The standard InChI is InChI=1S/C17H27N5OS/c1-5-14-11-20-16(24-14)7-8-19-17(18-6-2)21-10-13-9-15(12(3)4)22-23-13/h9,11-12H,5-8,10H2,1-4H3,(H2,18,19,21). The highest BCUT2D eigenvalue weighted by molar-refractivity contribution is 7.11. The lowest BCUT2D eigenvalue weighted by atomic mass is 10.1. The number of aromatic nitrogens is 2. The van der Waals surface area contributed by atoms with Crippen molar-refractivity contribution >= 4 is 17.3 Å². The van der Waals surface area contributed by atoms with Crippen LogP contribution in [0.25, 0.3) is 0 Å². The first-order valence-corrected chi connectivity index (χ1v) is 9.35. The molecule has 0 aliphatic rings. The van der Waals surface area contributed by atoms with E-state index in [0.717, 1.165) is 48.4 Å². The second-order valence-electron chi connectivity index (χ2n) is 5.82. The molecule has 6 nitrogen and oxygen atoms in total. The van der Waals surface area contributed by atoms with Crippen LogP contribution in [0.1, 0.15) is 55.0 Å². The van der Waals surface area contributed by atoms with Gasteiger partial charge in [-0.15, -0.1) is 11.3 Å². The maximum absolute atomic E-state index is 5.32. The summed E-state index contributed by atoms with van der Waals surface area (Å²) in [5.41, 5.74) is 0.966. The van der Waals surface area contributed by atoms with Gasteiger partial charge in [-0.3, -0.25) is 0 Å². The highest BCUT2D eigenvalue weighted by Gasteiger charge is 2.07. The Hall–Kier alpha value is -1.89. The Balaban J connectivity index is 1.85. The molecule has 0 saturated heterocycles. The minimum Gasteiger partial charge on any atom is -0.359 e. The molecule has 2 heterocycles. The number of aliphatic imine (C=N–C) groups is 1. The molecule has 2 aromatic rings. The molecule has 0 spiro atoms. The van der Waals surface area contributed by atoms with Crippen molar-refractivity contribution in [3.63, 3.8) is 0 Å². The summed E-state index contributed by atoms with van der Waals surface area (Å²) in [7, 11) is 0. The van der Waals surface area contributed by atoms with Gasteiger partial charge in [-0.2, -0.15) is 0 Å². The molecule has 0 radical (unpaired) electrons. The molecule has 0 aromatic carbocycles. The van der Waals surface area contributed by atoms with Crippen LogP contribution in [0.2, 0.25) is 0 Å². The second-order valence-corrected chi connectivity index (χ2v) is 7.02. The minimum absolute atomic E-state index is 0.365. The number of guanidine groups is 1. The summed E-state index contributed by atoms with van der Waals surface area (Å²) in [5, 5.41) is 11.8. The molecule has 0 saturated carbocycles. The Kier molecular flexibility index (Phi) is 7.24. The summed E-state index contributed by atoms with van der Waals surface area (Å²) in [6, 6.07) is 1.97. The fourth-order valence-electron chi connectivity index (χ4n) is 2.09. The quantitative estimate of drug-likeness (QED) is 0.566. The summed E-state index contributed by atoms with van der Waals surface area (Å²) in [6.45, 7) is 10.5. The number of rotatable bonds is 8. The van der Waals surface area contributed by atoms with Crippen LogP contribution in [0.5, 0.6) is 0 Å². The predicted molar refractivity (Wildman–Crippen MR) is 98.6 cm³/mol. The van der Waals surface area contributed by atoms with Gasteiger partial charge in [-0.1, -0.05) is 25.9 Å². The summed E-state index contributed by atoms with van der Waals surface area (Å²) >= 11 is 1.78. The van der Waals surface area contributed by atoms with Crippen molar-refractivity contribution < 1.29 is 4.52 Å². The van der Waals surface area contributed by atoms with Gasteiger partial charge in [0, 0.05) is 36.7 Å². The monoisotopic (exact) mass is 349 g/mol. The molecule has 0 unspecified atom stereocenters. The second kappa shape index (κ2) is 9.42. The average Bonchev–Trinajstić information content (AvgIpc) is 3.22. The first-order valence-electron chi connectivity index (χ1n) is 8.53. The Morgan fingerprint density at radius 3 is 2.79 bits per heavy atom. The lowest BCUT2D eigenvalue weighted by Crippen LogP contribution is -2.38. The third kappa shape index (κ3) is 5.63. The maximum Gasteiger partial charge on any atom is 0.191 e. The molecule has 0 fully saturated rings. The predicted octanol–water partition coefficient (Wildman–Crippen LogP) is 3.11. The molecule has 0 aliphatic carbocycles. The lowest BCUT2D eigenvalue weighted by Gasteiger charge is -2.09. The Morgan fingerprint density at radius 2 is 2.17 bits per heavy atom. The van der Waals surface area contributed by atoms with Gasteiger partial charge >= 0.3 is 0 Å². The first kappa shape index (κ1) is 18.4. The van der Waals surface area contributed by atoms with Gasteiger partial charge in [0.25, 0.3) is 0 Å². The van der Waals surface area contributed by atoms with Crippen LogP contribution in [0.3, 0.4) is 0 Å². The van der Waals surface area contributed by atoms with Crippen LogP contribution in [0, 0.1) is 0 Å². The zero-order chi connectivity index (χ0) is 17.4. The smallest absolute Gasteiger partial charge is 0.191 e. The number of nitrogens with zero attached hydrogens (tertiary/aromatic N) is 3. The van der Waals surface area contributed by atoms with Crippen molar-refractivity contribution in [3.05, 3.63) is 33.6 Å². The number of hydrogen-bond donors (Lipinski definition) is 2. The van der Waals surface area contributed by atoms with E-state index >= 15 is 0 Å². The van der Waals surface area contributed by atoms with E-state index in [9.17, 15) is 0 Å². The Labute approximate surface area is 147 Å². The summed E-state index contributed by atoms with van der Waals surface area (Å²) < 4.78 is 5.32. The molecule has 0 amide bonds. The highest BCUT2D eigenvalue weighted by Crippen LogP contribution is 2.15. The molecular weight excluding hydrogens is 322 g/mol. The molecule has 2 aromatic heterocycles. The van der Waals surface area contributed by atoms with Gasteiger partial charge in [0.2, 0.25) is 0 Å². The Morgan fingerprint density at radius 1 is 1.33 bits per heavy atom. The fourth-order valence-corrected chi connectivity index (χ4v) is 2.95. The largest absolute Gasteiger partial charge is 0.359 e. The topological polar surface area (TPSA) is 75.3 Å². The van der Waals surface area contributed by atoms with Crippen LogP contribution in [0.15, 0.2) is 21.8 Å². The normalized spacial score (nSPS) is 12.0. The van der Waals surface area contributed by atoms with E-state index in [0.29, 0.717) is 12.5 Å². The van der Waals surface area contributed by atoms with Crippen molar-refractivity contribution in [2.45, 2.75) is 53.0 Å². The zero-order valence-electron chi connectivity index (χ0n) is 14.9. The van der Waals surface area contributed by atoms with Crippen LogP contribution >= 0.6 is 11.3 Å². The van der Waals surface area contributed by atoms with Crippen molar-refractivity contribution in [3.8, 4) is 0 Å². The summed E-state index contributed by atoms with van der Waals surface area (Å²) in [4.78, 5) is 10.3. The van der Waals surface area contributed by atoms with Crippen LogP contribution in [-0.2, 0) is 19.4 Å². The highest BCUT2D eigenvalue weighted by atomic mass is 32.1. The van der Waals surface area contributed by atoms with E-state index in [2.05, 4.69) is 53.5 Å². The SMILES string of the molecule is CCNC(=NCc1cc(C(C)C)no1)NCCc1ncc(CC)s1. The summed E-state index contributed by atoms with van der Waals surface area (Å²) in [6.07, 6.45) is 3.91. The summed E-state index contributed by atoms with van der Waals surface area (Å²) in [5.74, 6) is 1.93. The molecule has 0 atom stereocenters. The van der Waals surface area contributed by atoms with Gasteiger partial charge < -0.3 is 15.2 Å². The van der Waals surface area contributed by atoms with Crippen molar-refractivity contribution in [2.75, 3.05) is 13.1 Å². The number of aryl methyl sites for hydroxylation is 1. The van der Waals surface area contributed by atoms with Crippen LogP contribution < -0.4 is 10.6 Å². The van der Waals surface area contributed by atoms with Gasteiger partial charge in [0.1, 0.15) is 6.54 Å². The lowest BCUT2D eigenvalue weighted by molar-refractivity contribution is 0.376. The molecule has 7 heteroatoms. The van der Waals surface area contributed by atoms with Crippen LogP contribution in [-0.4, -0.2) is 29.2 Å². The van der Waals surface area contributed by atoms with Crippen LogP contribution in [0.4, 0.5) is 0 Å². The number of hydrogen-bond acceptors (Lipinski definition) is 5. The third-order valence-corrected chi connectivity index (χ3v) is 4.69. The third-order valence-electron chi connectivity index (χ3n) is 3.49. The molecule has 2 N–H and O–H groups in total. The van der Waals surface area contributed by atoms with E-state index in [1.807, 2.05) is 12.3 Å². The molecule has 24 heavy (non-hydrogen) atoms. The molecule has 0 aliphatic heterocycles. The Bertz CT molecular complexity index is 647. The van der Waals surface area contributed by atoms with Gasteiger partial charge in [-0.25, -0.2) is 9.98 Å². The van der Waals surface area contributed by atoms with Crippen molar-refractivity contribution in [1.29, 1.82) is 0 Å². The van der Waals surface area contributed by atoms with E-state index in [1.165, 1.54) is 4.88 Å². The van der Waals surface area contributed by atoms with E-state index < -0.39 is 0 Å². The molecule has 2 rings (SSSR count). The average molecular weight is 350 g/mol. The van der Waals surface area contributed by atoms with Gasteiger partial charge in [0.15, 0.2) is 11.7 Å². The van der Waals surface area contributed by atoms with E-state index in [1.54, 1.807) is 11.3 Å². The first-order chi connectivity index (χ1) is 11.6. The zero-order valence-corrected chi connectivity index (χ0v) is 15.7. The van der Waals surface area contributed by atoms with Gasteiger partial charge in [-0.05, 0) is 19.3 Å². The van der Waals surface area contributed by atoms with Crippen molar-refractivity contribution in [2.24, 2.45) is 4.99 Å². The van der Waals surface area contributed by atoms with Crippen molar-refractivity contribution in [1.82, 2.24) is 20.8 Å². The molecule has 132 valence electrons. The minimum atomic E-state index is 0.365. The number of thiazole rings is 1. The van der Waals surface area contributed by atoms with E-state index in [4.69, 9.17) is 4.52 Å². The van der Waals surface area contributed by atoms with E-state index in [-0.39, 0.29) is 0 Å². The fraction of sp³-hybridized carbons (Fsp3) is 0.588. The molecular formula is C17H27N5OS. The molecule has 0 bridgehead atoms. The maximum atomic E-state index is 5.32. The number of nitrogens with one attached hydrogen (secondary N) is 2.